The number of carbonyl (C=O) groups is 2. The number of benzene rings is 1. The van der Waals surface area contributed by atoms with Gasteiger partial charge in [-0.25, -0.2) is 0 Å². The number of rotatable bonds is 3. The average molecular weight is 301 g/mol. The van der Waals surface area contributed by atoms with Crippen LogP contribution in [0, 0.1) is 17.2 Å². The van der Waals surface area contributed by atoms with Crippen LogP contribution in [-0.2, 0) is 25.5 Å². The van der Waals surface area contributed by atoms with E-state index >= 15 is 0 Å². The lowest BCUT2D eigenvalue weighted by atomic mass is 9.78. The zero-order valence-electron chi connectivity index (χ0n) is 13.0. The quantitative estimate of drug-likeness (QED) is 0.802. The van der Waals surface area contributed by atoms with E-state index in [1.165, 1.54) is 13.8 Å². The zero-order chi connectivity index (χ0) is 16.3. The van der Waals surface area contributed by atoms with Gasteiger partial charge < -0.3 is 9.47 Å². The van der Waals surface area contributed by atoms with Gasteiger partial charge in [0, 0.05) is 19.8 Å². The molecule has 3 unspecified atom stereocenters. The first-order valence-electron chi connectivity index (χ1n) is 7.33. The molecule has 1 aromatic rings. The lowest BCUT2D eigenvalue weighted by molar-refractivity contribution is -0.172. The third-order valence-electron chi connectivity index (χ3n) is 3.94. The zero-order valence-corrected chi connectivity index (χ0v) is 13.0. The highest BCUT2D eigenvalue weighted by Gasteiger charge is 2.40. The van der Waals surface area contributed by atoms with Crippen LogP contribution < -0.4 is 0 Å². The van der Waals surface area contributed by atoms with Crippen LogP contribution in [0.5, 0.6) is 0 Å². The highest BCUT2D eigenvalue weighted by atomic mass is 16.6. The summed E-state index contributed by atoms with van der Waals surface area (Å²) < 4.78 is 10.9. The van der Waals surface area contributed by atoms with Crippen LogP contribution in [-0.4, -0.2) is 18.0 Å². The number of hydrogen-bond donors (Lipinski definition) is 0. The van der Waals surface area contributed by atoms with Gasteiger partial charge >= 0.3 is 11.9 Å². The highest BCUT2D eigenvalue weighted by Crippen LogP contribution is 2.39. The summed E-state index contributed by atoms with van der Waals surface area (Å²) in [6, 6.07) is 7.40. The first-order valence-corrected chi connectivity index (χ1v) is 7.33. The van der Waals surface area contributed by atoms with Crippen molar-refractivity contribution in [2.45, 2.75) is 45.8 Å². The second-order valence-electron chi connectivity index (χ2n) is 5.50. The predicted molar refractivity (Wildman–Crippen MR) is 78.7 cm³/mol. The van der Waals surface area contributed by atoms with Crippen LogP contribution in [0.3, 0.4) is 0 Å². The maximum Gasteiger partial charge on any atom is 0.303 e. The molecular formula is C17H19NO4. The molecule has 1 aliphatic rings. The number of esters is 2. The summed E-state index contributed by atoms with van der Waals surface area (Å²) in [5.41, 5.74) is 2.35. The van der Waals surface area contributed by atoms with E-state index < -0.39 is 24.1 Å². The van der Waals surface area contributed by atoms with Gasteiger partial charge in [0.25, 0.3) is 0 Å². The molecule has 0 amide bonds. The minimum atomic E-state index is -0.622. The van der Waals surface area contributed by atoms with Crippen LogP contribution in [0.25, 0.3) is 0 Å². The molecule has 5 heteroatoms. The molecule has 0 aromatic heterocycles. The van der Waals surface area contributed by atoms with Crippen molar-refractivity contribution in [3.63, 3.8) is 0 Å². The van der Waals surface area contributed by atoms with Gasteiger partial charge in [-0.3, -0.25) is 9.59 Å². The second-order valence-corrected chi connectivity index (χ2v) is 5.50. The summed E-state index contributed by atoms with van der Waals surface area (Å²) in [4.78, 5) is 22.9. The normalized spacial score (nSPS) is 23.1. The molecule has 0 radical (unpaired) electrons. The van der Waals surface area contributed by atoms with Crippen molar-refractivity contribution in [1.29, 1.82) is 5.26 Å². The van der Waals surface area contributed by atoms with E-state index in [-0.39, 0.29) is 5.92 Å². The van der Waals surface area contributed by atoms with Crippen molar-refractivity contribution in [3.05, 3.63) is 34.9 Å². The lowest BCUT2D eigenvalue weighted by Gasteiger charge is -2.37. The van der Waals surface area contributed by atoms with Gasteiger partial charge in [-0.05, 0) is 36.1 Å². The molecule has 3 atom stereocenters. The van der Waals surface area contributed by atoms with Gasteiger partial charge in [-0.1, -0.05) is 13.0 Å². The summed E-state index contributed by atoms with van der Waals surface area (Å²) in [5, 5.41) is 9.04. The summed E-state index contributed by atoms with van der Waals surface area (Å²) in [5.74, 6) is -0.762. The highest BCUT2D eigenvalue weighted by molar-refractivity contribution is 5.68. The Kier molecular flexibility index (Phi) is 4.81. The molecule has 5 nitrogen and oxygen atoms in total. The second kappa shape index (κ2) is 6.61. The Hall–Kier alpha value is -2.35. The third-order valence-corrected chi connectivity index (χ3v) is 3.94. The van der Waals surface area contributed by atoms with E-state index in [9.17, 15) is 9.59 Å². The molecule has 0 heterocycles. The van der Waals surface area contributed by atoms with E-state index in [1.54, 1.807) is 12.1 Å². The minimum absolute atomic E-state index is 0.0506. The minimum Gasteiger partial charge on any atom is -0.458 e. The van der Waals surface area contributed by atoms with Crippen molar-refractivity contribution in [2.75, 3.05) is 0 Å². The van der Waals surface area contributed by atoms with Gasteiger partial charge in [0.1, 0.15) is 6.10 Å². The van der Waals surface area contributed by atoms with Crippen LogP contribution in [0.4, 0.5) is 0 Å². The van der Waals surface area contributed by atoms with Crippen molar-refractivity contribution in [1.82, 2.24) is 0 Å². The molecular weight excluding hydrogens is 282 g/mol. The number of nitriles is 1. The van der Waals surface area contributed by atoms with E-state index in [2.05, 4.69) is 6.07 Å². The number of nitrogens with zero attached hydrogens (tertiary/aromatic N) is 1. The van der Waals surface area contributed by atoms with Crippen molar-refractivity contribution >= 4 is 11.9 Å². The maximum absolute atomic E-state index is 11.5. The Morgan fingerprint density at radius 2 is 1.95 bits per heavy atom. The maximum atomic E-state index is 11.5. The van der Waals surface area contributed by atoms with E-state index in [1.807, 2.05) is 13.0 Å². The Bertz CT molecular complexity index is 632. The number of carbonyl (C=O) groups excluding carboxylic acids is 2. The van der Waals surface area contributed by atoms with E-state index in [4.69, 9.17) is 14.7 Å². The van der Waals surface area contributed by atoms with Crippen LogP contribution in [0.1, 0.15) is 50.0 Å². The third kappa shape index (κ3) is 3.28. The molecule has 0 saturated heterocycles. The van der Waals surface area contributed by atoms with Gasteiger partial charge in [-0.2, -0.15) is 5.26 Å². The van der Waals surface area contributed by atoms with Gasteiger partial charge in [0.2, 0.25) is 0 Å². The van der Waals surface area contributed by atoms with Gasteiger partial charge in [0.05, 0.1) is 11.6 Å². The molecule has 0 saturated carbocycles. The number of fused-ring (bicyclic) bond motifs is 1. The molecule has 2 rings (SSSR count). The average Bonchev–Trinajstić information content (AvgIpc) is 2.47. The molecule has 1 aliphatic carbocycles. The fourth-order valence-electron chi connectivity index (χ4n) is 2.99. The Morgan fingerprint density at radius 3 is 2.50 bits per heavy atom. The summed E-state index contributed by atoms with van der Waals surface area (Å²) in [6.07, 6.45) is 0.359. The van der Waals surface area contributed by atoms with Crippen LogP contribution >= 0.6 is 0 Å². The fourth-order valence-corrected chi connectivity index (χ4v) is 2.99. The Morgan fingerprint density at radius 1 is 1.27 bits per heavy atom. The lowest BCUT2D eigenvalue weighted by Crippen LogP contribution is -2.39. The molecule has 0 N–H and O–H groups in total. The molecule has 22 heavy (non-hydrogen) atoms. The smallest absolute Gasteiger partial charge is 0.303 e. The topological polar surface area (TPSA) is 76.4 Å². The molecule has 0 bridgehead atoms. The first kappa shape index (κ1) is 16.0. The number of ether oxygens (including phenoxy) is 2. The first-order chi connectivity index (χ1) is 10.5. The molecule has 0 aliphatic heterocycles. The largest absolute Gasteiger partial charge is 0.458 e. The predicted octanol–water partition coefficient (Wildman–Crippen LogP) is 2.68. The molecule has 116 valence electrons. The summed E-state index contributed by atoms with van der Waals surface area (Å²) >= 11 is 0. The van der Waals surface area contributed by atoms with Crippen molar-refractivity contribution < 1.29 is 19.1 Å². The van der Waals surface area contributed by atoms with Crippen molar-refractivity contribution in [2.24, 2.45) is 5.92 Å². The van der Waals surface area contributed by atoms with Gasteiger partial charge in [-0.15, -0.1) is 0 Å². The molecule has 1 aromatic carbocycles. The Labute approximate surface area is 129 Å². The van der Waals surface area contributed by atoms with Crippen LogP contribution in [0.15, 0.2) is 18.2 Å². The number of hydrogen-bond acceptors (Lipinski definition) is 5. The molecule has 0 fully saturated rings. The monoisotopic (exact) mass is 301 g/mol. The summed E-state index contributed by atoms with van der Waals surface area (Å²) in [7, 11) is 0. The molecule has 0 spiro atoms. The SMILES string of the molecule is CCC1Cc2cc(C#N)ccc2C(OC(C)=O)C1OC(C)=O. The van der Waals surface area contributed by atoms with Crippen LogP contribution in [0.2, 0.25) is 0 Å². The standard InChI is InChI=1S/C17H19NO4/c1-4-13-8-14-7-12(9-18)5-6-15(14)17(22-11(3)20)16(13)21-10(2)19/h5-7,13,16-17H,4,8H2,1-3H3. The Balaban J connectivity index is 2.48. The van der Waals surface area contributed by atoms with Gasteiger partial charge in [0.15, 0.2) is 6.10 Å². The summed E-state index contributed by atoms with van der Waals surface area (Å²) in [6.45, 7) is 4.70. The van der Waals surface area contributed by atoms with E-state index in [0.717, 1.165) is 17.5 Å². The van der Waals surface area contributed by atoms with E-state index in [0.29, 0.717) is 12.0 Å². The van der Waals surface area contributed by atoms with Crippen molar-refractivity contribution in [3.8, 4) is 6.07 Å². The fraction of sp³-hybridized carbons (Fsp3) is 0.471.